The van der Waals surface area contributed by atoms with Crippen LogP contribution in [0.25, 0.3) is 0 Å². The highest BCUT2D eigenvalue weighted by Crippen LogP contribution is 2.39. The van der Waals surface area contributed by atoms with Crippen molar-refractivity contribution in [1.82, 2.24) is 4.90 Å². The standard InChI is InChI=1S/C39H69NO8/c1-7-38(3,4)39(5,6)40(25-15-9-13-19-34(41)45-27-29-47-36(43)32-17-11-8-12-18-32)26-16-10-14-20-35(42)46-28-30-48-37(44)33-23-21-31(2)22-24-33/h31-33H,7-30H2,1-6H3. The molecule has 9 heteroatoms. The Morgan fingerprint density at radius 2 is 1.02 bits per heavy atom. The minimum atomic E-state index is -0.235. The molecular formula is C39H69NO8. The van der Waals surface area contributed by atoms with Gasteiger partial charge in [0, 0.05) is 18.4 Å². The minimum Gasteiger partial charge on any atom is -0.462 e. The quantitative estimate of drug-likeness (QED) is 0.0600. The number of rotatable bonds is 23. The zero-order chi connectivity index (χ0) is 35.4. The number of ether oxygens (including phenoxy) is 4. The van der Waals surface area contributed by atoms with Gasteiger partial charge in [0.05, 0.1) is 11.8 Å². The fraction of sp³-hybridized carbons (Fsp3) is 0.897. The predicted molar refractivity (Wildman–Crippen MR) is 188 cm³/mol. The second-order valence-electron chi connectivity index (χ2n) is 15.5. The Labute approximate surface area is 291 Å². The predicted octanol–water partition coefficient (Wildman–Crippen LogP) is 8.20. The van der Waals surface area contributed by atoms with Crippen molar-refractivity contribution in [3.8, 4) is 0 Å². The van der Waals surface area contributed by atoms with Crippen LogP contribution in [-0.2, 0) is 38.1 Å². The van der Waals surface area contributed by atoms with Gasteiger partial charge in [0.2, 0.25) is 0 Å². The van der Waals surface area contributed by atoms with Gasteiger partial charge in [-0.15, -0.1) is 0 Å². The summed E-state index contributed by atoms with van der Waals surface area (Å²) < 4.78 is 21.3. The number of unbranched alkanes of at least 4 members (excludes halogenated alkanes) is 4. The second-order valence-corrected chi connectivity index (χ2v) is 15.5. The first-order valence-corrected chi connectivity index (χ1v) is 19.3. The normalized spacial score (nSPS) is 19.1. The van der Waals surface area contributed by atoms with Crippen molar-refractivity contribution < 1.29 is 38.1 Å². The lowest BCUT2D eigenvalue weighted by molar-refractivity contribution is -0.156. The summed E-state index contributed by atoms with van der Waals surface area (Å²) in [5.41, 5.74) is 0.113. The molecule has 0 bridgehead atoms. The van der Waals surface area contributed by atoms with E-state index in [0.29, 0.717) is 18.8 Å². The van der Waals surface area contributed by atoms with Crippen LogP contribution in [-0.4, -0.2) is 73.8 Å². The molecule has 48 heavy (non-hydrogen) atoms. The van der Waals surface area contributed by atoms with Crippen LogP contribution >= 0.6 is 0 Å². The second kappa shape index (κ2) is 22.5. The molecule has 0 aromatic heterocycles. The molecule has 2 rings (SSSR count). The summed E-state index contributed by atoms with van der Waals surface area (Å²) in [5.74, 6) is -0.0838. The molecular weight excluding hydrogens is 610 g/mol. The zero-order valence-electron chi connectivity index (χ0n) is 31.4. The number of carbonyl (C=O) groups is 4. The van der Waals surface area contributed by atoms with E-state index in [0.717, 1.165) is 109 Å². The maximum Gasteiger partial charge on any atom is 0.309 e. The minimum absolute atomic E-state index is 0.00559. The fourth-order valence-electron chi connectivity index (χ4n) is 6.84. The van der Waals surface area contributed by atoms with Gasteiger partial charge < -0.3 is 18.9 Å². The summed E-state index contributed by atoms with van der Waals surface area (Å²) in [6.07, 6.45) is 16.3. The summed E-state index contributed by atoms with van der Waals surface area (Å²) in [6, 6.07) is 0. The molecule has 0 atom stereocenters. The number of nitrogens with zero attached hydrogens (tertiary/aromatic N) is 1. The molecule has 0 aromatic carbocycles. The van der Waals surface area contributed by atoms with Crippen LogP contribution in [0.1, 0.15) is 157 Å². The molecule has 0 heterocycles. The van der Waals surface area contributed by atoms with Crippen LogP contribution in [0.15, 0.2) is 0 Å². The molecule has 0 saturated heterocycles. The van der Waals surface area contributed by atoms with Crippen LogP contribution < -0.4 is 0 Å². The lowest BCUT2D eigenvalue weighted by Crippen LogP contribution is -2.54. The van der Waals surface area contributed by atoms with Crippen molar-refractivity contribution >= 4 is 23.9 Å². The Bertz CT molecular complexity index is 950. The van der Waals surface area contributed by atoms with Crippen molar-refractivity contribution in [2.75, 3.05) is 39.5 Å². The van der Waals surface area contributed by atoms with Gasteiger partial charge in [-0.2, -0.15) is 0 Å². The summed E-state index contributed by atoms with van der Waals surface area (Å²) in [7, 11) is 0. The number of carbonyl (C=O) groups excluding carboxylic acids is 4. The Morgan fingerprint density at radius 1 is 0.583 bits per heavy atom. The maximum absolute atomic E-state index is 12.2. The average molecular weight is 680 g/mol. The van der Waals surface area contributed by atoms with Gasteiger partial charge in [0.25, 0.3) is 0 Å². The van der Waals surface area contributed by atoms with E-state index in [4.69, 9.17) is 18.9 Å². The lowest BCUT2D eigenvalue weighted by atomic mass is 9.71. The van der Waals surface area contributed by atoms with Gasteiger partial charge in [-0.1, -0.05) is 59.8 Å². The molecule has 0 radical (unpaired) electrons. The van der Waals surface area contributed by atoms with E-state index in [2.05, 4.69) is 46.4 Å². The summed E-state index contributed by atoms with van der Waals surface area (Å²) in [5, 5.41) is 0. The topological polar surface area (TPSA) is 108 Å². The Balaban J connectivity index is 1.60. The van der Waals surface area contributed by atoms with E-state index in [1.807, 2.05) is 0 Å². The molecule has 0 amide bonds. The Morgan fingerprint density at radius 3 is 1.48 bits per heavy atom. The van der Waals surface area contributed by atoms with Gasteiger partial charge in [0.15, 0.2) is 0 Å². The summed E-state index contributed by atoms with van der Waals surface area (Å²) in [6.45, 7) is 16.2. The Hall–Kier alpha value is -2.16. The van der Waals surface area contributed by atoms with Gasteiger partial charge in [-0.05, 0) is 109 Å². The monoisotopic (exact) mass is 680 g/mol. The van der Waals surface area contributed by atoms with Crippen LogP contribution in [0.4, 0.5) is 0 Å². The molecule has 2 aliphatic rings. The number of hydrogen-bond acceptors (Lipinski definition) is 9. The Kier molecular flexibility index (Phi) is 19.7. The first-order chi connectivity index (χ1) is 22.9. The van der Waals surface area contributed by atoms with Crippen LogP contribution in [0.2, 0.25) is 0 Å². The molecule has 0 unspecified atom stereocenters. The van der Waals surface area contributed by atoms with Crippen LogP contribution in [0, 0.1) is 23.2 Å². The molecule has 2 saturated carbocycles. The summed E-state index contributed by atoms with van der Waals surface area (Å²) >= 11 is 0. The number of hydrogen-bond donors (Lipinski definition) is 0. The molecule has 0 N–H and O–H groups in total. The fourth-order valence-corrected chi connectivity index (χ4v) is 6.84. The lowest BCUT2D eigenvalue weighted by Gasteiger charge is -2.49. The first kappa shape index (κ1) is 42.0. The highest BCUT2D eigenvalue weighted by atomic mass is 16.6. The third-order valence-corrected chi connectivity index (χ3v) is 11.4. The molecule has 2 aliphatic carbocycles. The van der Waals surface area contributed by atoms with Crippen molar-refractivity contribution in [2.24, 2.45) is 23.2 Å². The van der Waals surface area contributed by atoms with E-state index in [1.165, 1.54) is 6.42 Å². The maximum atomic E-state index is 12.2. The highest BCUT2D eigenvalue weighted by molar-refractivity contribution is 5.73. The molecule has 0 aromatic rings. The van der Waals surface area contributed by atoms with Gasteiger partial charge in [0.1, 0.15) is 26.4 Å². The van der Waals surface area contributed by atoms with E-state index < -0.39 is 0 Å². The van der Waals surface area contributed by atoms with Crippen molar-refractivity contribution in [1.29, 1.82) is 0 Å². The number of esters is 4. The van der Waals surface area contributed by atoms with E-state index in [-0.39, 0.29) is 73.1 Å². The van der Waals surface area contributed by atoms with E-state index >= 15 is 0 Å². The smallest absolute Gasteiger partial charge is 0.309 e. The average Bonchev–Trinajstić information content (AvgIpc) is 3.07. The van der Waals surface area contributed by atoms with Crippen molar-refractivity contribution in [3.63, 3.8) is 0 Å². The van der Waals surface area contributed by atoms with Gasteiger partial charge in [-0.25, -0.2) is 0 Å². The van der Waals surface area contributed by atoms with E-state index in [1.54, 1.807) is 0 Å². The largest absolute Gasteiger partial charge is 0.462 e. The van der Waals surface area contributed by atoms with Crippen LogP contribution in [0.5, 0.6) is 0 Å². The van der Waals surface area contributed by atoms with Gasteiger partial charge >= 0.3 is 23.9 Å². The van der Waals surface area contributed by atoms with Crippen LogP contribution in [0.3, 0.4) is 0 Å². The van der Waals surface area contributed by atoms with E-state index in [9.17, 15) is 19.2 Å². The van der Waals surface area contributed by atoms with Crippen molar-refractivity contribution in [2.45, 2.75) is 163 Å². The van der Waals surface area contributed by atoms with Gasteiger partial charge in [-0.3, -0.25) is 24.1 Å². The molecule has 0 aliphatic heterocycles. The third kappa shape index (κ3) is 15.6. The molecule has 9 nitrogen and oxygen atoms in total. The summed E-state index contributed by atoms with van der Waals surface area (Å²) in [4.78, 5) is 51.4. The SMILES string of the molecule is CCC(C)(C)C(C)(C)N(CCCCCC(=O)OCCOC(=O)C1CCCCC1)CCCCCC(=O)OCCOC(=O)C1CCC(C)CC1. The third-order valence-electron chi connectivity index (χ3n) is 11.4. The molecule has 2 fully saturated rings. The van der Waals surface area contributed by atoms with Crippen molar-refractivity contribution in [3.05, 3.63) is 0 Å². The molecule has 0 spiro atoms. The highest BCUT2D eigenvalue weighted by Gasteiger charge is 2.39. The molecule has 278 valence electrons. The zero-order valence-corrected chi connectivity index (χ0v) is 31.4. The first-order valence-electron chi connectivity index (χ1n) is 19.3.